The number of nitrogens with two attached hydrogens (primary N) is 1. The number of thiophene rings is 1. The molecule has 0 aromatic carbocycles. The average molecular weight is 288 g/mol. The van der Waals surface area contributed by atoms with E-state index in [2.05, 4.69) is 4.72 Å². The molecule has 6 heteroatoms. The Morgan fingerprint density at radius 2 is 2.00 bits per heavy atom. The van der Waals surface area contributed by atoms with Crippen molar-refractivity contribution in [3.63, 3.8) is 0 Å². The molecule has 1 aliphatic rings. The Balaban J connectivity index is 2.18. The van der Waals surface area contributed by atoms with Crippen LogP contribution in [0.2, 0.25) is 0 Å². The van der Waals surface area contributed by atoms with E-state index < -0.39 is 15.6 Å². The predicted octanol–water partition coefficient (Wildman–Crippen LogP) is 2.23. The average Bonchev–Trinajstić information content (AvgIpc) is 2.90. The SMILES string of the molecule is CC(C)(C)NS(=O)(=O)c1ccc(C(N)C2CC2)s1. The summed E-state index contributed by atoms with van der Waals surface area (Å²) >= 11 is 1.28. The van der Waals surface area contributed by atoms with Crippen LogP contribution in [0.3, 0.4) is 0 Å². The summed E-state index contributed by atoms with van der Waals surface area (Å²) in [6.07, 6.45) is 2.31. The highest BCUT2D eigenvalue weighted by Crippen LogP contribution is 2.41. The number of sulfonamides is 1. The van der Waals surface area contributed by atoms with Gasteiger partial charge in [-0.2, -0.15) is 0 Å². The zero-order chi connectivity index (χ0) is 13.6. The number of rotatable bonds is 4. The lowest BCUT2D eigenvalue weighted by Crippen LogP contribution is -2.40. The highest BCUT2D eigenvalue weighted by molar-refractivity contribution is 7.91. The molecule has 0 spiro atoms. The monoisotopic (exact) mass is 288 g/mol. The maximum atomic E-state index is 12.1. The summed E-state index contributed by atoms with van der Waals surface area (Å²) < 4.78 is 27.3. The van der Waals surface area contributed by atoms with Crippen LogP contribution in [0.1, 0.15) is 44.5 Å². The Bertz CT molecular complexity index is 525. The molecule has 1 saturated carbocycles. The highest BCUT2D eigenvalue weighted by atomic mass is 32.2. The number of hydrogen-bond donors (Lipinski definition) is 2. The molecular weight excluding hydrogens is 268 g/mol. The van der Waals surface area contributed by atoms with E-state index in [1.807, 2.05) is 26.8 Å². The third-order valence-electron chi connectivity index (χ3n) is 2.77. The van der Waals surface area contributed by atoms with Gasteiger partial charge in [-0.1, -0.05) is 0 Å². The molecular formula is C12H20N2O2S2. The second-order valence-electron chi connectivity index (χ2n) is 5.88. The maximum Gasteiger partial charge on any atom is 0.250 e. The molecule has 1 aromatic rings. The van der Waals surface area contributed by atoms with E-state index in [0.717, 1.165) is 17.7 Å². The molecule has 1 heterocycles. The molecule has 0 radical (unpaired) electrons. The third kappa shape index (κ3) is 3.32. The summed E-state index contributed by atoms with van der Waals surface area (Å²) in [6.45, 7) is 5.49. The van der Waals surface area contributed by atoms with Crippen molar-refractivity contribution in [1.82, 2.24) is 4.72 Å². The lowest BCUT2D eigenvalue weighted by atomic mass is 10.1. The van der Waals surface area contributed by atoms with Gasteiger partial charge in [0.1, 0.15) is 4.21 Å². The van der Waals surface area contributed by atoms with Gasteiger partial charge in [0, 0.05) is 16.5 Å². The molecule has 0 amide bonds. The van der Waals surface area contributed by atoms with Crippen LogP contribution in [0.25, 0.3) is 0 Å². The van der Waals surface area contributed by atoms with E-state index in [1.165, 1.54) is 11.3 Å². The summed E-state index contributed by atoms with van der Waals surface area (Å²) in [7, 11) is -3.42. The van der Waals surface area contributed by atoms with Crippen LogP contribution >= 0.6 is 11.3 Å². The topological polar surface area (TPSA) is 72.2 Å². The quantitative estimate of drug-likeness (QED) is 0.892. The van der Waals surface area contributed by atoms with Crippen molar-refractivity contribution in [2.75, 3.05) is 0 Å². The van der Waals surface area contributed by atoms with Crippen LogP contribution in [-0.4, -0.2) is 14.0 Å². The van der Waals surface area contributed by atoms with Crippen molar-refractivity contribution in [2.24, 2.45) is 11.7 Å². The van der Waals surface area contributed by atoms with Gasteiger partial charge in [0.2, 0.25) is 0 Å². The minimum absolute atomic E-state index is 0.00594. The first-order valence-electron chi connectivity index (χ1n) is 6.08. The lowest BCUT2D eigenvalue weighted by molar-refractivity contribution is 0.492. The van der Waals surface area contributed by atoms with Crippen LogP contribution in [0.15, 0.2) is 16.3 Å². The van der Waals surface area contributed by atoms with Gasteiger partial charge in [-0.25, -0.2) is 13.1 Å². The Morgan fingerprint density at radius 3 is 2.50 bits per heavy atom. The summed E-state index contributed by atoms with van der Waals surface area (Å²) in [5.41, 5.74) is 5.61. The predicted molar refractivity (Wildman–Crippen MR) is 74.0 cm³/mol. The third-order valence-corrected chi connectivity index (χ3v) is 6.20. The van der Waals surface area contributed by atoms with E-state index >= 15 is 0 Å². The second kappa shape index (κ2) is 4.59. The summed E-state index contributed by atoms with van der Waals surface area (Å²) in [5, 5.41) is 0. The van der Waals surface area contributed by atoms with E-state index in [9.17, 15) is 8.42 Å². The van der Waals surface area contributed by atoms with Crippen LogP contribution in [0.5, 0.6) is 0 Å². The first-order chi connectivity index (χ1) is 8.19. The normalized spacial score (nSPS) is 18.9. The molecule has 18 heavy (non-hydrogen) atoms. The minimum Gasteiger partial charge on any atom is -0.323 e. The number of nitrogens with one attached hydrogen (secondary N) is 1. The van der Waals surface area contributed by atoms with Crippen molar-refractivity contribution >= 4 is 21.4 Å². The van der Waals surface area contributed by atoms with E-state index in [1.54, 1.807) is 6.07 Å². The molecule has 2 rings (SSSR count). The van der Waals surface area contributed by atoms with Crippen molar-refractivity contribution < 1.29 is 8.42 Å². The molecule has 0 saturated heterocycles. The smallest absolute Gasteiger partial charge is 0.250 e. The van der Waals surface area contributed by atoms with Crippen LogP contribution in [-0.2, 0) is 10.0 Å². The minimum atomic E-state index is -3.42. The van der Waals surface area contributed by atoms with Gasteiger partial charge in [0.15, 0.2) is 0 Å². The fourth-order valence-corrected chi connectivity index (χ4v) is 4.64. The van der Waals surface area contributed by atoms with Gasteiger partial charge in [0.25, 0.3) is 10.0 Å². The maximum absolute atomic E-state index is 12.1. The Hall–Kier alpha value is -0.430. The van der Waals surface area contributed by atoms with Gasteiger partial charge in [-0.05, 0) is 51.7 Å². The molecule has 4 nitrogen and oxygen atoms in total. The van der Waals surface area contributed by atoms with Crippen LogP contribution < -0.4 is 10.5 Å². The lowest BCUT2D eigenvalue weighted by Gasteiger charge is -2.19. The van der Waals surface area contributed by atoms with E-state index in [-0.39, 0.29) is 6.04 Å². The summed E-state index contributed by atoms with van der Waals surface area (Å²) in [4.78, 5) is 0.965. The van der Waals surface area contributed by atoms with Gasteiger partial charge >= 0.3 is 0 Å². The molecule has 1 atom stereocenters. The molecule has 1 aromatic heterocycles. The first kappa shape index (κ1) is 14.0. The van der Waals surface area contributed by atoms with Crippen molar-refractivity contribution in [3.8, 4) is 0 Å². The molecule has 1 fully saturated rings. The largest absolute Gasteiger partial charge is 0.323 e. The zero-order valence-electron chi connectivity index (χ0n) is 10.9. The summed E-state index contributed by atoms with van der Waals surface area (Å²) in [6, 6.07) is 3.48. The van der Waals surface area contributed by atoms with Crippen molar-refractivity contribution in [2.45, 2.75) is 49.4 Å². The van der Waals surface area contributed by atoms with Gasteiger partial charge in [-0.3, -0.25) is 0 Å². The standard InChI is InChI=1S/C12H20N2O2S2/c1-12(2,3)14-18(15,16)10-7-6-9(17-10)11(13)8-4-5-8/h6-8,11,14H,4-5,13H2,1-3H3. The van der Waals surface area contributed by atoms with Crippen LogP contribution in [0, 0.1) is 5.92 Å². The van der Waals surface area contributed by atoms with Crippen molar-refractivity contribution in [3.05, 3.63) is 17.0 Å². The fraction of sp³-hybridized carbons (Fsp3) is 0.667. The summed E-state index contributed by atoms with van der Waals surface area (Å²) in [5.74, 6) is 0.537. The molecule has 1 aliphatic carbocycles. The second-order valence-corrected chi connectivity index (χ2v) is 8.90. The van der Waals surface area contributed by atoms with E-state index in [4.69, 9.17) is 5.73 Å². The Morgan fingerprint density at radius 1 is 1.39 bits per heavy atom. The van der Waals surface area contributed by atoms with E-state index in [0.29, 0.717) is 10.1 Å². The highest BCUT2D eigenvalue weighted by Gasteiger charge is 2.31. The Kier molecular flexibility index (Phi) is 3.57. The zero-order valence-corrected chi connectivity index (χ0v) is 12.6. The van der Waals surface area contributed by atoms with Crippen molar-refractivity contribution in [1.29, 1.82) is 0 Å². The first-order valence-corrected chi connectivity index (χ1v) is 8.38. The molecule has 102 valence electrons. The van der Waals surface area contributed by atoms with Gasteiger partial charge < -0.3 is 5.73 Å². The Labute approximate surface area is 113 Å². The van der Waals surface area contributed by atoms with Crippen LogP contribution in [0.4, 0.5) is 0 Å². The number of hydrogen-bond acceptors (Lipinski definition) is 4. The molecule has 0 aliphatic heterocycles. The molecule has 1 unspecified atom stereocenters. The fourth-order valence-electron chi connectivity index (χ4n) is 1.80. The molecule has 0 bridgehead atoms. The molecule has 3 N–H and O–H groups in total. The van der Waals surface area contributed by atoms with Gasteiger partial charge in [-0.15, -0.1) is 11.3 Å². The van der Waals surface area contributed by atoms with Gasteiger partial charge in [0.05, 0.1) is 0 Å².